The number of aromatic nitrogens is 1. The molecule has 0 spiro atoms. The second-order valence-electron chi connectivity index (χ2n) is 7.53. The lowest BCUT2D eigenvalue weighted by atomic mass is 10.0. The van der Waals surface area contributed by atoms with Gasteiger partial charge >= 0.3 is 0 Å². The third-order valence-corrected chi connectivity index (χ3v) is 5.37. The molecular weight excluding hydrogens is 399 g/mol. The maximum atomic E-state index is 13.0. The highest BCUT2D eigenvalue weighted by Gasteiger charge is 2.31. The summed E-state index contributed by atoms with van der Waals surface area (Å²) in [6.45, 7) is 0.517. The highest BCUT2D eigenvalue weighted by atomic mass is 19.1. The van der Waals surface area contributed by atoms with Crippen LogP contribution in [0.3, 0.4) is 0 Å². The number of nitrogens with zero attached hydrogens (tertiary/aromatic N) is 2. The molecule has 1 aromatic heterocycles. The monoisotopic (exact) mass is 424 g/mol. The fourth-order valence-corrected chi connectivity index (χ4v) is 3.79. The molecule has 0 radical (unpaired) electrons. The number of carbonyl (C=O) groups excluding carboxylic acids is 1. The number of benzene rings is 2. The number of halogens is 1. The average Bonchev–Trinajstić information content (AvgIpc) is 3.27. The second kappa shape index (κ2) is 9.64. The van der Waals surface area contributed by atoms with Crippen molar-refractivity contribution in [3.63, 3.8) is 0 Å². The van der Waals surface area contributed by atoms with Crippen LogP contribution in [-0.2, 0) is 11.2 Å². The van der Waals surface area contributed by atoms with Gasteiger partial charge in [0.25, 0.3) is 5.91 Å². The van der Waals surface area contributed by atoms with Gasteiger partial charge in [-0.1, -0.05) is 12.1 Å². The van der Waals surface area contributed by atoms with Gasteiger partial charge in [0, 0.05) is 13.0 Å². The summed E-state index contributed by atoms with van der Waals surface area (Å²) in [5.74, 6) is 2.06. The third kappa shape index (κ3) is 5.23. The molecule has 162 valence electrons. The Kier molecular flexibility index (Phi) is 6.50. The number of oxazole rings is 1. The number of methoxy groups -OCH3 is 1. The third-order valence-electron chi connectivity index (χ3n) is 5.37. The van der Waals surface area contributed by atoms with Gasteiger partial charge in [0.15, 0.2) is 6.61 Å². The van der Waals surface area contributed by atoms with Gasteiger partial charge in [-0.25, -0.2) is 9.37 Å². The van der Waals surface area contributed by atoms with Crippen molar-refractivity contribution < 1.29 is 23.1 Å². The van der Waals surface area contributed by atoms with Crippen molar-refractivity contribution in [3.8, 4) is 11.5 Å². The van der Waals surface area contributed by atoms with Crippen molar-refractivity contribution >= 4 is 5.91 Å². The topological polar surface area (TPSA) is 64.8 Å². The summed E-state index contributed by atoms with van der Waals surface area (Å²) in [5, 5.41) is 0. The van der Waals surface area contributed by atoms with E-state index in [1.165, 1.54) is 24.3 Å². The summed E-state index contributed by atoms with van der Waals surface area (Å²) in [4.78, 5) is 19.1. The fraction of sp³-hybridized carbons (Fsp3) is 0.333. The summed E-state index contributed by atoms with van der Waals surface area (Å²) < 4.78 is 29.9. The van der Waals surface area contributed by atoms with E-state index in [9.17, 15) is 9.18 Å². The van der Waals surface area contributed by atoms with Crippen LogP contribution in [0.15, 0.2) is 59.1 Å². The van der Waals surface area contributed by atoms with Crippen LogP contribution in [0.1, 0.15) is 42.5 Å². The number of hydrogen-bond acceptors (Lipinski definition) is 5. The minimum atomic E-state index is -0.344. The number of amides is 1. The van der Waals surface area contributed by atoms with Crippen molar-refractivity contribution in [3.05, 3.63) is 77.8 Å². The molecule has 1 unspecified atom stereocenters. The Balaban J connectivity index is 1.42. The summed E-state index contributed by atoms with van der Waals surface area (Å²) >= 11 is 0. The zero-order valence-corrected chi connectivity index (χ0v) is 17.4. The number of piperidine rings is 1. The van der Waals surface area contributed by atoms with Crippen LogP contribution in [0.5, 0.6) is 11.5 Å². The number of hydrogen-bond donors (Lipinski definition) is 0. The fourth-order valence-electron chi connectivity index (χ4n) is 3.79. The maximum absolute atomic E-state index is 13.0. The Labute approximate surface area is 180 Å². The van der Waals surface area contributed by atoms with E-state index >= 15 is 0 Å². The molecule has 0 N–H and O–H groups in total. The first-order chi connectivity index (χ1) is 15.1. The first-order valence-electron chi connectivity index (χ1n) is 10.4. The molecule has 4 rings (SSSR count). The minimum absolute atomic E-state index is 0.112. The van der Waals surface area contributed by atoms with Crippen LogP contribution in [-0.4, -0.2) is 36.1 Å². The zero-order chi connectivity index (χ0) is 21.6. The molecule has 7 heteroatoms. The highest BCUT2D eigenvalue weighted by molar-refractivity contribution is 5.78. The van der Waals surface area contributed by atoms with Crippen LogP contribution < -0.4 is 9.47 Å². The second-order valence-corrected chi connectivity index (χ2v) is 7.53. The first-order valence-corrected chi connectivity index (χ1v) is 10.4. The number of ether oxygens (including phenoxy) is 2. The molecule has 1 amide bonds. The van der Waals surface area contributed by atoms with Gasteiger partial charge in [-0.3, -0.25) is 4.79 Å². The predicted molar refractivity (Wildman–Crippen MR) is 113 cm³/mol. The summed E-state index contributed by atoms with van der Waals surface area (Å²) in [7, 11) is 1.64. The Bertz CT molecular complexity index is 1020. The van der Waals surface area contributed by atoms with E-state index in [4.69, 9.17) is 13.9 Å². The number of likely N-dealkylation sites (tertiary alicyclic amines) is 1. The van der Waals surface area contributed by atoms with E-state index in [0.29, 0.717) is 24.6 Å². The Morgan fingerprint density at radius 3 is 2.84 bits per heavy atom. The standard InChI is InChI=1S/C24H25FN2O4/c1-29-20-6-4-5-17(13-20)14-21-15-26-24(31-21)22-7-2-3-12-27(22)23(28)16-30-19-10-8-18(25)9-11-19/h4-6,8-11,13,15,22H,2-3,7,12,14,16H2,1H3. The van der Waals surface area contributed by atoms with Gasteiger partial charge in [0.05, 0.1) is 13.3 Å². The largest absolute Gasteiger partial charge is 0.497 e. The molecule has 1 saturated heterocycles. The summed E-state index contributed by atoms with van der Waals surface area (Å²) in [6, 6.07) is 13.2. The number of carbonyl (C=O) groups is 1. The Morgan fingerprint density at radius 2 is 2.03 bits per heavy atom. The van der Waals surface area contributed by atoms with Crippen molar-refractivity contribution in [1.82, 2.24) is 9.88 Å². The lowest BCUT2D eigenvalue weighted by Crippen LogP contribution is -2.41. The molecule has 2 heterocycles. The van der Waals surface area contributed by atoms with E-state index in [-0.39, 0.29) is 24.4 Å². The highest BCUT2D eigenvalue weighted by Crippen LogP contribution is 2.31. The van der Waals surface area contributed by atoms with Crippen LogP contribution in [0, 0.1) is 5.82 Å². The predicted octanol–water partition coefficient (Wildman–Crippen LogP) is 4.55. The summed E-state index contributed by atoms with van der Waals surface area (Å²) in [5.41, 5.74) is 1.06. The van der Waals surface area contributed by atoms with Crippen LogP contribution >= 0.6 is 0 Å². The van der Waals surface area contributed by atoms with Crippen LogP contribution in [0.25, 0.3) is 0 Å². The van der Waals surface area contributed by atoms with Gasteiger partial charge in [0.1, 0.15) is 29.1 Å². The lowest BCUT2D eigenvalue weighted by Gasteiger charge is -2.33. The number of rotatable bonds is 7. The van der Waals surface area contributed by atoms with Gasteiger partial charge in [0.2, 0.25) is 5.89 Å². The smallest absolute Gasteiger partial charge is 0.261 e. The molecule has 0 saturated carbocycles. The average molecular weight is 424 g/mol. The zero-order valence-electron chi connectivity index (χ0n) is 17.4. The first kappa shape index (κ1) is 20.9. The molecular formula is C24H25FN2O4. The molecule has 1 aliphatic rings. The molecule has 31 heavy (non-hydrogen) atoms. The van der Waals surface area contributed by atoms with Gasteiger partial charge in [-0.05, 0) is 61.2 Å². The molecule has 3 aromatic rings. The van der Waals surface area contributed by atoms with Crippen molar-refractivity contribution in [2.75, 3.05) is 20.3 Å². The van der Waals surface area contributed by atoms with E-state index in [1.807, 2.05) is 24.3 Å². The minimum Gasteiger partial charge on any atom is -0.497 e. The van der Waals surface area contributed by atoms with Gasteiger partial charge in [-0.2, -0.15) is 0 Å². The molecule has 1 fully saturated rings. The molecule has 6 nitrogen and oxygen atoms in total. The van der Waals surface area contributed by atoms with Gasteiger partial charge in [-0.15, -0.1) is 0 Å². The Hall–Kier alpha value is -3.35. The molecule has 1 atom stereocenters. The van der Waals surface area contributed by atoms with E-state index in [1.54, 1.807) is 18.2 Å². The van der Waals surface area contributed by atoms with Crippen LogP contribution in [0.4, 0.5) is 4.39 Å². The van der Waals surface area contributed by atoms with Crippen molar-refractivity contribution in [1.29, 1.82) is 0 Å². The molecule has 0 bridgehead atoms. The normalized spacial score (nSPS) is 16.2. The lowest BCUT2D eigenvalue weighted by molar-refractivity contribution is -0.137. The summed E-state index contributed by atoms with van der Waals surface area (Å²) in [6.07, 6.45) is 5.04. The van der Waals surface area contributed by atoms with Crippen molar-refractivity contribution in [2.45, 2.75) is 31.7 Å². The quantitative estimate of drug-likeness (QED) is 0.557. The van der Waals surface area contributed by atoms with Crippen molar-refractivity contribution in [2.24, 2.45) is 0 Å². The van der Waals surface area contributed by atoms with E-state index < -0.39 is 0 Å². The van der Waals surface area contributed by atoms with Crippen LogP contribution in [0.2, 0.25) is 0 Å². The van der Waals surface area contributed by atoms with E-state index in [2.05, 4.69) is 4.98 Å². The molecule has 2 aromatic carbocycles. The maximum Gasteiger partial charge on any atom is 0.261 e. The molecule has 1 aliphatic heterocycles. The SMILES string of the molecule is COc1cccc(Cc2cnc(C3CCCCN3C(=O)COc3ccc(F)cc3)o2)c1. The Morgan fingerprint density at radius 1 is 1.19 bits per heavy atom. The van der Waals surface area contributed by atoms with E-state index in [0.717, 1.165) is 36.3 Å². The van der Waals surface area contributed by atoms with Gasteiger partial charge < -0.3 is 18.8 Å². The molecule has 0 aliphatic carbocycles.